The zero-order valence-electron chi connectivity index (χ0n) is 7.70. The van der Waals surface area contributed by atoms with Gasteiger partial charge in [-0.25, -0.2) is 4.39 Å². The number of nitrogens with zero attached hydrogens (tertiary/aromatic N) is 2. The van der Waals surface area contributed by atoms with Crippen molar-refractivity contribution >= 4 is 0 Å². The number of likely N-dealkylation sites (tertiary alicyclic amines) is 1. The van der Waals surface area contributed by atoms with Crippen LogP contribution in [0.15, 0.2) is 0 Å². The van der Waals surface area contributed by atoms with Gasteiger partial charge in [-0.1, -0.05) is 0 Å². The first-order valence-electron chi connectivity index (χ1n) is 4.29. The van der Waals surface area contributed by atoms with E-state index in [1.807, 2.05) is 19.0 Å². The number of β-amino-alcohol motifs (C(OH)–C–C–N with tert-alkyl or cyclic N) is 1. The highest BCUT2D eigenvalue weighted by Crippen LogP contribution is 2.13. The van der Waals surface area contributed by atoms with Gasteiger partial charge in [0, 0.05) is 13.1 Å². The predicted molar refractivity (Wildman–Crippen MR) is 45.6 cm³/mol. The molecule has 4 heteroatoms. The van der Waals surface area contributed by atoms with E-state index < -0.39 is 12.3 Å². The molecule has 1 aliphatic heterocycles. The quantitative estimate of drug-likeness (QED) is 0.637. The summed E-state index contributed by atoms with van der Waals surface area (Å²) >= 11 is 0. The third-order valence-corrected chi connectivity index (χ3v) is 2.07. The maximum Gasteiger partial charge on any atom is 0.128 e. The molecule has 0 aromatic carbocycles. The molecular formula is C8H17FN2O. The van der Waals surface area contributed by atoms with Crippen LogP contribution < -0.4 is 0 Å². The fraction of sp³-hybridized carbons (Fsp3) is 1.00. The van der Waals surface area contributed by atoms with Crippen LogP contribution in [0.2, 0.25) is 0 Å². The Balaban J connectivity index is 2.30. The molecule has 0 saturated carbocycles. The van der Waals surface area contributed by atoms with E-state index in [1.54, 1.807) is 0 Å². The predicted octanol–water partition coefficient (Wildman–Crippen LogP) is -0.0898. The first-order valence-corrected chi connectivity index (χ1v) is 4.29. The van der Waals surface area contributed by atoms with E-state index in [4.69, 9.17) is 0 Å². The number of piperidine rings is 1. The Kier molecular flexibility index (Phi) is 3.43. The molecule has 1 fully saturated rings. The molecule has 0 bridgehead atoms. The Hall–Kier alpha value is -0.190. The van der Waals surface area contributed by atoms with Crippen LogP contribution in [-0.2, 0) is 0 Å². The van der Waals surface area contributed by atoms with E-state index in [0.717, 1.165) is 13.2 Å². The zero-order chi connectivity index (χ0) is 9.14. The SMILES string of the molecule is CN(C)CN1CC[C@H](F)[C@H](O)C1. The van der Waals surface area contributed by atoms with Crippen molar-refractivity contribution in [3.63, 3.8) is 0 Å². The van der Waals surface area contributed by atoms with Gasteiger partial charge in [0.1, 0.15) is 6.17 Å². The average Bonchev–Trinajstić information content (AvgIpc) is 1.96. The Morgan fingerprint density at radius 3 is 2.75 bits per heavy atom. The van der Waals surface area contributed by atoms with Crippen LogP contribution in [0.4, 0.5) is 4.39 Å². The normalized spacial score (nSPS) is 32.8. The van der Waals surface area contributed by atoms with E-state index in [-0.39, 0.29) is 0 Å². The van der Waals surface area contributed by atoms with Gasteiger partial charge in [0.2, 0.25) is 0 Å². The van der Waals surface area contributed by atoms with Gasteiger partial charge < -0.3 is 5.11 Å². The maximum absolute atomic E-state index is 12.8. The van der Waals surface area contributed by atoms with Gasteiger partial charge in [-0.05, 0) is 20.5 Å². The first-order chi connectivity index (χ1) is 5.59. The lowest BCUT2D eigenvalue weighted by molar-refractivity contribution is -0.00940. The van der Waals surface area contributed by atoms with E-state index >= 15 is 0 Å². The number of alkyl halides is 1. The van der Waals surface area contributed by atoms with E-state index in [9.17, 15) is 9.50 Å². The summed E-state index contributed by atoms with van der Waals surface area (Å²) in [6, 6.07) is 0. The van der Waals surface area contributed by atoms with Gasteiger partial charge in [-0.3, -0.25) is 9.80 Å². The minimum Gasteiger partial charge on any atom is -0.389 e. The van der Waals surface area contributed by atoms with Gasteiger partial charge in [0.05, 0.1) is 12.8 Å². The fourth-order valence-electron chi connectivity index (χ4n) is 1.50. The number of halogens is 1. The zero-order valence-corrected chi connectivity index (χ0v) is 7.70. The van der Waals surface area contributed by atoms with E-state index in [1.165, 1.54) is 0 Å². The number of hydrogen-bond acceptors (Lipinski definition) is 3. The lowest BCUT2D eigenvalue weighted by atomic mass is 10.1. The highest BCUT2D eigenvalue weighted by atomic mass is 19.1. The van der Waals surface area contributed by atoms with Crippen LogP contribution in [0.1, 0.15) is 6.42 Å². The topological polar surface area (TPSA) is 26.7 Å². The van der Waals surface area contributed by atoms with Crippen molar-refractivity contribution < 1.29 is 9.50 Å². The largest absolute Gasteiger partial charge is 0.389 e. The van der Waals surface area contributed by atoms with Crippen molar-refractivity contribution in [1.29, 1.82) is 0 Å². The molecule has 0 spiro atoms. The van der Waals surface area contributed by atoms with E-state index in [0.29, 0.717) is 13.0 Å². The molecule has 1 aliphatic rings. The summed E-state index contributed by atoms with van der Waals surface area (Å²) in [5, 5.41) is 9.23. The summed E-state index contributed by atoms with van der Waals surface area (Å²) in [4.78, 5) is 4.08. The van der Waals surface area contributed by atoms with Crippen LogP contribution in [0.25, 0.3) is 0 Å². The Labute approximate surface area is 72.8 Å². The van der Waals surface area contributed by atoms with E-state index in [2.05, 4.69) is 4.90 Å². The number of aliphatic hydroxyl groups is 1. The average molecular weight is 176 g/mol. The molecule has 12 heavy (non-hydrogen) atoms. The molecule has 0 unspecified atom stereocenters. The minimum absolute atomic E-state index is 0.453. The molecule has 0 aliphatic carbocycles. The maximum atomic E-state index is 12.8. The smallest absolute Gasteiger partial charge is 0.128 e. The van der Waals surface area contributed by atoms with Crippen LogP contribution in [0, 0.1) is 0 Å². The molecule has 1 saturated heterocycles. The molecule has 0 aromatic heterocycles. The van der Waals surface area contributed by atoms with Crippen molar-refractivity contribution in [2.45, 2.75) is 18.7 Å². The summed E-state index contributed by atoms with van der Waals surface area (Å²) < 4.78 is 12.8. The monoisotopic (exact) mass is 176 g/mol. The minimum atomic E-state index is -1.02. The molecule has 0 amide bonds. The highest BCUT2D eigenvalue weighted by Gasteiger charge is 2.26. The lowest BCUT2D eigenvalue weighted by Gasteiger charge is -2.33. The molecule has 1 N–H and O–H groups in total. The van der Waals surface area contributed by atoms with Crippen LogP contribution in [0.3, 0.4) is 0 Å². The van der Waals surface area contributed by atoms with Crippen LogP contribution in [-0.4, -0.2) is 61.0 Å². The Morgan fingerprint density at radius 1 is 1.58 bits per heavy atom. The first kappa shape index (κ1) is 9.89. The molecule has 1 rings (SSSR count). The molecule has 3 nitrogen and oxygen atoms in total. The summed E-state index contributed by atoms with van der Waals surface area (Å²) in [7, 11) is 3.93. The number of aliphatic hydroxyl groups excluding tert-OH is 1. The Bertz CT molecular complexity index is 143. The molecule has 1 heterocycles. The molecule has 0 aromatic rings. The molecule has 72 valence electrons. The van der Waals surface area contributed by atoms with Gasteiger partial charge in [0.15, 0.2) is 0 Å². The second-order valence-corrected chi connectivity index (χ2v) is 3.67. The van der Waals surface area contributed by atoms with Crippen molar-refractivity contribution in [3.05, 3.63) is 0 Å². The second kappa shape index (κ2) is 4.16. The molecule has 0 radical (unpaired) electrons. The van der Waals surface area contributed by atoms with Gasteiger partial charge in [0.25, 0.3) is 0 Å². The summed E-state index contributed by atoms with van der Waals surface area (Å²) in [6.45, 7) is 2.00. The summed E-state index contributed by atoms with van der Waals surface area (Å²) in [5.74, 6) is 0. The van der Waals surface area contributed by atoms with Crippen molar-refractivity contribution in [2.24, 2.45) is 0 Å². The second-order valence-electron chi connectivity index (χ2n) is 3.67. The third-order valence-electron chi connectivity index (χ3n) is 2.07. The standard InChI is InChI=1S/C8H17FN2O/c1-10(2)6-11-4-3-7(9)8(12)5-11/h7-8,12H,3-6H2,1-2H3/t7-,8+/m0/s1. The third kappa shape index (κ3) is 2.69. The molecule has 2 atom stereocenters. The summed E-state index contributed by atoms with van der Waals surface area (Å²) in [5.41, 5.74) is 0. The van der Waals surface area contributed by atoms with Gasteiger partial charge in [-0.15, -0.1) is 0 Å². The van der Waals surface area contributed by atoms with Gasteiger partial charge >= 0.3 is 0 Å². The lowest BCUT2D eigenvalue weighted by Crippen LogP contribution is -2.47. The number of rotatable bonds is 2. The van der Waals surface area contributed by atoms with Crippen molar-refractivity contribution in [2.75, 3.05) is 33.9 Å². The highest BCUT2D eigenvalue weighted by molar-refractivity contribution is 4.78. The summed E-state index contributed by atoms with van der Waals surface area (Å²) in [6.07, 6.45) is -1.36. The Morgan fingerprint density at radius 2 is 2.25 bits per heavy atom. The molecular weight excluding hydrogens is 159 g/mol. The van der Waals surface area contributed by atoms with Crippen molar-refractivity contribution in [3.8, 4) is 0 Å². The number of hydrogen-bond donors (Lipinski definition) is 1. The van der Waals surface area contributed by atoms with Crippen LogP contribution >= 0.6 is 0 Å². The van der Waals surface area contributed by atoms with Gasteiger partial charge in [-0.2, -0.15) is 0 Å². The van der Waals surface area contributed by atoms with Crippen LogP contribution in [0.5, 0.6) is 0 Å². The fourth-order valence-corrected chi connectivity index (χ4v) is 1.50. The van der Waals surface area contributed by atoms with Crippen molar-refractivity contribution in [1.82, 2.24) is 9.80 Å².